The average Bonchev–Trinajstić information content (AvgIpc) is 3.54. The lowest BCUT2D eigenvalue weighted by atomic mass is 9.98. The van der Waals surface area contributed by atoms with Crippen LogP contribution in [0.3, 0.4) is 0 Å². The summed E-state index contributed by atoms with van der Waals surface area (Å²) in [6, 6.07) is 15.2. The highest BCUT2D eigenvalue weighted by atomic mass is 28.4. The van der Waals surface area contributed by atoms with Crippen LogP contribution in [0.25, 0.3) is 0 Å². The average molecular weight is 682 g/mol. The first kappa shape index (κ1) is 38.5. The van der Waals surface area contributed by atoms with Gasteiger partial charge in [0, 0.05) is 37.7 Å². The Kier molecular flexibility index (Phi) is 14.5. The van der Waals surface area contributed by atoms with Gasteiger partial charge in [-0.2, -0.15) is 0 Å². The van der Waals surface area contributed by atoms with Gasteiger partial charge in [0.05, 0.1) is 11.6 Å². The first-order chi connectivity index (χ1) is 22.7. The first-order valence-corrected chi connectivity index (χ1v) is 18.9. The molecule has 0 radical (unpaired) electrons. The van der Waals surface area contributed by atoms with Crippen LogP contribution in [-0.4, -0.2) is 83.7 Å². The van der Waals surface area contributed by atoms with Gasteiger partial charge in [0.25, 0.3) is 0 Å². The lowest BCUT2D eigenvalue weighted by molar-refractivity contribution is -0.137. The molecule has 0 spiro atoms. The van der Waals surface area contributed by atoms with Gasteiger partial charge < -0.3 is 36.2 Å². The Hall–Kier alpha value is -3.91. The second-order valence-corrected chi connectivity index (χ2v) is 16.0. The third kappa shape index (κ3) is 11.1. The van der Waals surface area contributed by atoms with E-state index in [-0.39, 0.29) is 18.2 Å². The van der Waals surface area contributed by atoms with Crippen LogP contribution >= 0.6 is 0 Å². The minimum absolute atomic E-state index is 0.0615. The van der Waals surface area contributed by atoms with Gasteiger partial charge in [0.15, 0.2) is 5.78 Å². The predicted molar refractivity (Wildman–Crippen MR) is 186 cm³/mol. The van der Waals surface area contributed by atoms with Crippen molar-refractivity contribution in [1.29, 1.82) is 0 Å². The Labute approximate surface area is 284 Å². The number of likely N-dealkylation sites (tertiary alicyclic amines) is 1. The minimum Gasteiger partial charge on any atom is -0.410 e. The maximum atomic E-state index is 13.9. The quantitative estimate of drug-likeness (QED) is 0.137. The van der Waals surface area contributed by atoms with Gasteiger partial charge in [0.2, 0.25) is 23.6 Å². The molecule has 0 bridgehead atoms. The molecule has 1 aliphatic rings. The molecule has 4 amide bonds. The topological polar surface area (TPSA) is 191 Å². The van der Waals surface area contributed by atoms with Crippen molar-refractivity contribution in [2.75, 3.05) is 18.4 Å². The highest BCUT2D eigenvalue weighted by Crippen LogP contribution is 2.29. The van der Waals surface area contributed by atoms with Crippen LogP contribution < -0.4 is 21.7 Å². The molecule has 0 aromatic heterocycles. The molecule has 2 aromatic carbocycles. The summed E-state index contributed by atoms with van der Waals surface area (Å²) in [5.41, 5.74) is 6.07. The first-order valence-electron chi connectivity index (χ1n) is 16.7. The molecule has 1 fully saturated rings. The summed E-state index contributed by atoms with van der Waals surface area (Å²) in [5.74, 6) is -3.21. The molecule has 1 saturated heterocycles. The van der Waals surface area contributed by atoms with Gasteiger partial charge >= 0.3 is 8.56 Å². The molecule has 5 atom stereocenters. The van der Waals surface area contributed by atoms with E-state index < -0.39 is 74.2 Å². The maximum Gasteiger partial charge on any atom is 0.345 e. The smallest absolute Gasteiger partial charge is 0.345 e. The SMILES string of the molecule is CC(=O)N1CCC[C@H]1C(=O)N[C@@H](C)C(=O)[C@@H](CN)[Si](O)(O)C[C@@H](CCc1ccccc1)C(=O)N[C@@H](CC(C)C)C(=O)Nc1ccccc1. The Balaban J connectivity index is 1.79. The third-order valence-electron chi connectivity index (χ3n) is 8.81. The lowest BCUT2D eigenvalue weighted by Crippen LogP contribution is -2.56. The fraction of sp³-hybridized carbons (Fsp3) is 0.514. The lowest BCUT2D eigenvalue weighted by Gasteiger charge is -2.32. The fourth-order valence-electron chi connectivity index (χ4n) is 6.19. The Bertz CT molecular complexity index is 1390. The summed E-state index contributed by atoms with van der Waals surface area (Å²) in [4.78, 5) is 90.2. The van der Waals surface area contributed by atoms with Gasteiger partial charge in [-0.05, 0) is 62.6 Å². The van der Waals surface area contributed by atoms with E-state index in [0.717, 1.165) is 5.56 Å². The molecule has 0 saturated carbocycles. The van der Waals surface area contributed by atoms with E-state index in [9.17, 15) is 33.6 Å². The zero-order chi connectivity index (χ0) is 35.4. The third-order valence-corrected chi connectivity index (χ3v) is 11.5. The largest absolute Gasteiger partial charge is 0.410 e. The number of rotatable bonds is 17. The molecule has 12 nitrogen and oxygen atoms in total. The van der Waals surface area contributed by atoms with Crippen molar-refractivity contribution < 1.29 is 33.6 Å². The molecular weight excluding hydrogens is 630 g/mol. The Morgan fingerprint density at radius 3 is 2.15 bits per heavy atom. The van der Waals surface area contributed by atoms with Crippen LogP contribution in [0, 0.1) is 11.8 Å². The van der Waals surface area contributed by atoms with Crippen LogP contribution in [0.5, 0.6) is 0 Å². The highest BCUT2D eigenvalue weighted by Gasteiger charge is 2.48. The number of benzene rings is 2. The predicted octanol–water partition coefficient (Wildman–Crippen LogP) is 2.25. The van der Waals surface area contributed by atoms with Crippen molar-refractivity contribution in [2.24, 2.45) is 17.6 Å². The fourth-order valence-corrected chi connectivity index (χ4v) is 8.67. The maximum absolute atomic E-state index is 13.9. The van der Waals surface area contributed by atoms with Crippen LogP contribution in [0.15, 0.2) is 60.7 Å². The number of carbonyl (C=O) groups is 5. The van der Waals surface area contributed by atoms with Crippen molar-refractivity contribution in [3.63, 3.8) is 0 Å². The van der Waals surface area contributed by atoms with E-state index in [1.54, 1.807) is 24.3 Å². The number of amides is 4. The number of para-hydroxylation sites is 1. The molecule has 0 unspecified atom stereocenters. The number of hydrogen-bond acceptors (Lipinski definition) is 8. The van der Waals surface area contributed by atoms with Gasteiger partial charge in [-0.1, -0.05) is 62.4 Å². The monoisotopic (exact) mass is 681 g/mol. The van der Waals surface area contributed by atoms with Gasteiger partial charge in [-0.3, -0.25) is 24.0 Å². The van der Waals surface area contributed by atoms with Crippen LogP contribution in [0.1, 0.15) is 58.9 Å². The summed E-state index contributed by atoms with van der Waals surface area (Å²) in [5, 5.41) is 8.32. The Morgan fingerprint density at radius 1 is 0.938 bits per heavy atom. The summed E-state index contributed by atoms with van der Waals surface area (Å²) >= 11 is 0. The zero-order valence-electron chi connectivity index (χ0n) is 28.4. The standard InChI is InChI=1S/C35H51N5O7Si/c1-23(2)20-29(34(44)38-28-14-9-6-10-15-28)39-33(43)27(18-17-26-12-7-5-8-13-26)22-48(46,47)31(21-36)32(42)24(3)37-35(45)30-16-11-19-40(30)25(4)41/h5-10,12-15,23-24,27,29-31,46-47H,11,16-22,36H2,1-4H3,(H,37,45)(H,38,44)(H,39,43)/t24-,27+,29-,30-,31+/m0/s1. The van der Waals surface area contributed by atoms with Crippen molar-refractivity contribution in [1.82, 2.24) is 15.5 Å². The Morgan fingerprint density at radius 2 is 1.56 bits per heavy atom. The zero-order valence-corrected chi connectivity index (χ0v) is 29.4. The second kappa shape index (κ2) is 18.0. The molecule has 262 valence electrons. The highest BCUT2D eigenvalue weighted by molar-refractivity contribution is 6.70. The molecule has 13 heteroatoms. The molecule has 48 heavy (non-hydrogen) atoms. The van der Waals surface area contributed by atoms with Crippen molar-refractivity contribution in [2.45, 2.75) is 89.5 Å². The summed E-state index contributed by atoms with van der Waals surface area (Å²) in [6.45, 7) is 6.74. The number of carbonyl (C=O) groups excluding carboxylic acids is 5. The summed E-state index contributed by atoms with van der Waals surface area (Å²) in [6.07, 6.45) is 2.13. The summed E-state index contributed by atoms with van der Waals surface area (Å²) < 4.78 is 0. The number of aryl methyl sites for hydroxylation is 1. The van der Waals surface area contributed by atoms with Crippen molar-refractivity contribution in [3.8, 4) is 0 Å². The van der Waals surface area contributed by atoms with E-state index in [1.165, 1.54) is 18.7 Å². The number of Topliss-reactive ketones (excluding diaryl/α,β-unsaturated/α-hetero) is 1. The number of nitrogens with zero attached hydrogens (tertiary/aromatic N) is 1. The molecule has 1 aliphatic heterocycles. The molecule has 7 N–H and O–H groups in total. The number of ketones is 1. The molecular formula is C35H51N5O7Si. The second-order valence-electron chi connectivity index (χ2n) is 13.1. The van der Waals surface area contributed by atoms with Crippen LogP contribution in [0.4, 0.5) is 5.69 Å². The minimum atomic E-state index is -4.56. The number of nitrogens with two attached hydrogens (primary N) is 1. The van der Waals surface area contributed by atoms with E-state index in [1.807, 2.05) is 50.2 Å². The number of hydrogen-bond donors (Lipinski definition) is 6. The van der Waals surface area contributed by atoms with E-state index in [0.29, 0.717) is 37.9 Å². The molecule has 1 heterocycles. The molecule has 3 rings (SSSR count). The van der Waals surface area contributed by atoms with E-state index in [4.69, 9.17) is 5.73 Å². The van der Waals surface area contributed by atoms with E-state index in [2.05, 4.69) is 16.0 Å². The number of anilines is 1. The number of nitrogens with one attached hydrogen (secondary N) is 3. The van der Waals surface area contributed by atoms with Crippen LogP contribution in [-0.2, 0) is 30.4 Å². The normalized spacial score (nSPS) is 17.2. The summed E-state index contributed by atoms with van der Waals surface area (Å²) in [7, 11) is -4.56. The molecule has 0 aliphatic carbocycles. The van der Waals surface area contributed by atoms with Crippen molar-refractivity contribution >= 4 is 43.7 Å². The van der Waals surface area contributed by atoms with Gasteiger partial charge in [-0.15, -0.1) is 0 Å². The van der Waals surface area contributed by atoms with E-state index >= 15 is 0 Å². The van der Waals surface area contributed by atoms with Crippen LogP contribution in [0.2, 0.25) is 11.6 Å². The molecule has 2 aromatic rings. The van der Waals surface area contributed by atoms with Gasteiger partial charge in [-0.25, -0.2) is 0 Å². The van der Waals surface area contributed by atoms with Crippen molar-refractivity contribution in [3.05, 3.63) is 66.2 Å². The van der Waals surface area contributed by atoms with Gasteiger partial charge in [0.1, 0.15) is 12.1 Å².